The molecule has 2 aliphatic carbocycles. The molecule has 7 nitrogen and oxygen atoms in total. The zero-order valence-electron chi connectivity index (χ0n) is 19.2. The van der Waals surface area contributed by atoms with E-state index in [1.165, 1.54) is 49.3 Å². The standard InChI is InChI=1S/C24H34N4O3S2/c29-33(30,27-13-15-31-16-14-27)22-12-6-9-20(17-22)23-25-26-24(28(23)21-10-4-5-11-21)32-18-19-7-2-1-3-8-19/h6,9,12,17,19,21H,1-5,7-8,10-11,13-16,18H2. The SMILES string of the molecule is O=S(=O)(c1cccc(-c2nnc(SCC3CCCCC3)n2C2CCCC2)c1)N1CCOCC1. The lowest BCUT2D eigenvalue weighted by molar-refractivity contribution is 0.0730. The molecule has 1 saturated heterocycles. The number of thioether (sulfide) groups is 1. The predicted molar refractivity (Wildman–Crippen MR) is 130 cm³/mol. The fourth-order valence-corrected chi connectivity index (χ4v) is 7.99. The topological polar surface area (TPSA) is 77.3 Å². The maximum atomic E-state index is 13.2. The summed E-state index contributed by atoms with van der Waals surface area (Å²) in [5.74, 6) is 2.66. The molecule has 1 aromatic carbocycles. The third-order valence-corrected chi connectivity index (χ3v) is 10.3. The van der Waals surface area contributed by atoms with Crippen molar-refractivity contribution in [2.75, 3.05) is 32.1 Å². The van der Waals surface area contributed by atoms with Gasteiger partial charge in [0.25, 0.3) is 0 Å². The fourth-order valence-electron chi connectivity index (χ4n) is 5.34. The molecule has 9 heteroatoms. The van der Waals surface area contributed by atoms with Crippen LogP contribution in [0.2, 0.25) is 0 Å². The van der Waals surface area contributed by atoms with Gasteiger partial charge < -0.3 is 4.74 Å². The Hall–Kier alpha value is -1.42. The van der Waals surface area contributed by atoms with Gasteiger partial charge in [-0.15, -0.1) is 10.2 Å². The predicted octanol–water partition coefficient (Wildman–Crippen LogP) is 4.75. The Kier molecular flexibility index (Phi) is 7.39. The van der Waals surface area contributed by atoms with Gasteiger partial charge >= 0.3 is 0 Å². The lowest BCUT2D eigenvalue weighted by Crippen LogP contribution is -2.40. The first-order valence-corrected chi connectivity index (χ1v) is 14.8. The Morgan fingerprint density at radius 2 is 1.70 bits per heavy atom. The van der Waals surface area contributed by atoms with Gasteiger partial charge in [-0.1, -0.05) is 56.0 Å². The number of morpholine rings is 1. The van der Waals surface area contributed by atoms with E-state index in [2.05, 4.69) is 14.8 Å². The summed E-state index contributed by atoms with van der Waals surface area (Å²) in [6, 6.07) is 7.64. The number of aromatic nitrogens is 3. The first-order valence-electron chi connectivity index (χ1n) is 12.4. The highest BCUT2D eigenvalue weighted by Gasteiger charge is 2.29. The van der Waals surface area contributed by atoms with Crippen LogP contribution in [0.15, 0.2) is 34.3 Å². The minimum atomic E-state index is -3.55. The van der Waals surface area contributed by atoms with Gasteiger partial charge in [0.1, 0.15) is 0 Å². The highest BCUT2D eigenvalue weighted by atomic mass is 32.2. The van der Waals surface area contributed by atoms with Crippen molar-refractivity contribution in [2.24, 2.45) is 5.92 Å². The Balaban J connectivity index is 1.43. The van der Waals surface area contributed by atoms with Crippen LogP contribution in [-0.2, 0) is 14.8 Å². The van der Waals surface area contributed by atoms with E-state index >= 15 is 0 Å². The number of nitrogens with zero attached hydrogens (tertiary/aromatic N) is 4. The maximum absolute atomic E-state index is 13.2. The van der Waals surface area contributed by atoms with E-state index in [0.717, 1.165) is 41.1 Å². The zero-order chi connectivity index (χ0) is 22.7. The van der Waals surface area contributed by atoms with Gasteiger partial charge in [-0.25, -0.2) is 8.42 Å². The molecule has 33 heavy (non-hydrogen) atoms. The molecular weight excluding hydrogens is 456 g/mol. The molecule has 5 rings (SSSR count). The van der Waals surface area contributed by atoms with E-state index < -0.39 is 10.0 Å². The Bertz CT molecular complexity index is 1040. The van der Waals surface area contributed by atoms with E-state index in [-0.39, 0.29) is 0 Å². The molecular formula is C24H34N4O3S2. The Labute approximate surface area is 201 Å². The first-order chi connectivity index (χ1) is 16.1. The van der Waals surface area contributed by atoms with Gasteiger partial charge in [0.2, 0.25) is 10.0 Å². The summed E-state index contributed by atoms with van der Waals surface area (Å²) in [5, 5.41) is 10.2. The number of hydrogen-bond donors (Lipinski definition) is 0. The molecule has 0 atom stereocenters. The average Bonchev–Trinajstić information content (AvgIpc) is 3.54. The Morgan fingerprint density at radius 1 is 0.970 bits per heavy atom. The van der Waals surface area contributed by atoms with Gasteiger partial charge in [-0.3, -0.25) is 4.57 Å². The number of sulfonamides is 1. The van der Waals surface area contributed by atoms with Crippen molar-refractivity contribution in [3.63, 3.8) is 0 Å². The minimum Gasteiger partial charge on any atom is -0.379 e. The molecule has 1 aliphatic heterocycles. The molecule has 180 valence electrons. The van der Waals surface area contributed by atoms with E-state index in [1.807, 2.05) is 23.9 Å². The quantitative estimate of drug-likeness (QED) is 0.521. The second-order valence-electron chi connectivity index (χ2n) is 9.47. The Morgan fingerprint density at radius 3 is 2.45 bits per heavy atom. The monoisotopic (exact) mass is 490 g/mol. The van der Waals surface area contributed by atoms with E-state index in [0.29, 0.717) is 37.2 Å². The molecule has 2 aromatic rings. The van der Waals surface area contributed by atoms with Gasteiger partial charge in [0, 0.05) is 30.4 Å². The third-order valence-electron chi connectivity index (χ3n) is 7.23. The summed E-state index contributed by atoms with van der Waals surface area (Å²) in [5.41, 5.74) is 0.827. The molecule has 0 bridgehead atoms. The normalized spacial score (nSPS) is 21.6. The van der Waals surface area contributed by atoms with Crippen molar-refractivity contribution in [1.82, 2.24) is 19.1 Å². The van der Waals surface area contributed by atoms with Gasteiger partial charge in [-0.05, 0) is 43.7 Å². The summed E-state index contributed by atoms with van der Waals surface area (Å²) in [4.78, 5) is 0.319. The maximum Gasteiger partial charge on any atom is 0.243 e. The zero-order valence-corrected chi connectivity index (χ0v) is 20.8. The molecule has 0 spiro atoms. The third kappa shape index (κ3) is 5.16. The molecule has 1 aromatic heterocycles. The lowest BCUT2D eigenvalue weighted by atomic mass is 9.91. The molecule has 0 unspecified atom stereocenters. The van der Waals surface area contributed by atoms with Crippen molar-refractivity contribution < 1.29 is 13.2 Å². The van der Waals surface area contributed by atoms with Crippen molar-refractivity contribution >= 4 is 21.8 Å². The minimum absolute atomic E-state index is 0.319. The van der Waals surface area contributed by atoms with Crippen molar-refractivity contribution in [2.45, 2.75) is 73.9 Å². The second-order valence-corrected chi connectivity index (χ2v) is 12.4. The van der Waals surface area contributed by atoms with Crippen LogP contribution >= 0.6 is 11.8 Å². The van der Waals surface area contributed by atoms with Gasteiger partial charge in [0.15, 0.2) is 11.0 Å². The van der Waals surface area contributed by atoms with Crippen LogP contribution in [0.1, 0.15) is 63.8 Å². The largest absolute Gasteiger partial charge is 0.379 e. The molecule has 0 radical (unpaired) electrons. The highest BCUT2D eigenvalue weighted by molar-refractivity contribution is 7.99. The van der Waals surface area contributed by atoms with E-state index in [9.17, 15) is 8.42 Å². The number of rotatable bonds is 7. The van der Waals surface area contributed by atoms with Crippen molar-refractivity contribution in [3.05, 3.63) is 24.3 Å². The summed E-state index contributed by atoms with van der Waals surface area (Å²) < 4.78 is 35.6. The van der Waals surface area contributed by atoms with E-state index in [4.69, 9.17) is 4.74 Å². The molecule has 0 amide bonds. The number of hydrogen-bond acceptors (Lipinski definition) is 6. The van der Waals surface area contributed by atoms with Gasteiger partial charge in [-0.2, -0.15) is 4.31 Å². The molecule has 3 fully saturated rings. The van der Waals surface area contributed by atoms with Crippen molar-refractivity contribution in [3.8, 4) is 11.4 Å². The lowest BCUT2D eigenvalue weighted by Gasteiger charge is -2.26. The van der Waals surface area contributed by atoms with Crippen LogP contribution in [0.25, 0.3) is 11.4 Å². The molecule has 3 aliphatic rings. The van der Waals surface area contributed by atoms with Crippen LogP contribution in [0.5, 0.6) is 0 Å². The van der Waals surface area contributed by atoms with Crippen LogP contribution < -0.4 is 0 Å². The van der Waals surface area contributed by atoms with Crippen LogP contribution in [0.3, 0.4) is 0 Å². The summed E-state index contributed by atoms with van der Waals surface area (Å²) in [6.45, 7) is 1.67. The number of ether oxygens (including phenoxy) is 1. The van der Waals surface area contributed by atoms with Crippen LogP contribution in [-0.4, -0.2) is 59.5 Å². The molecule has 2 saturated carbocycles. The first kappa shape index (κ1) is 23.3. The molecule has 2 heterocycles. The van der Waals surface area contributed by atoms with Gasteiger partial charge in [0.05, 0.1) is 18.1 Å². The highest BCUT2D eigenvalue weighted by Crippen LogP contribution is 2.38. The van der Waals surface area contributed by atoms with E-state index in [1.54, 1.807) is 12.1 Å². The van der Waals surface area contributed by atoms with Crippen LogP contribution in [0, 0.1) is 5.92 Å². The average molecular weight is 491 g/mol. The number of benzene rings is 1. The second kappa shape index (κ2) is 10.5. The molecule has 0 N–H and O–H groups in total. The summed E-state index contributed by atoms with van der Waals surface area (Å²) in [7, 11) is -3.55. The summed E-state index contributed by atoms with van der Waals surface area (Å²) in [6.07, 6.45) is 11.4. The smallest absolute Gasteiger partial charge is 0.243 e. The fraction of sp³-hybridized carbons (Fsp3) is 0.667. The summed E-state index contributed by atoms with van der Waals surface area (Å²) >= 11 is 1.84. The van der Waals surface area contributed by atoms with Crippen LogP contribution in [0.4, 0.5) is 0 Å². The van der Waals surface area contributed by atoms with Crippen molar-refractivity contribution in [1.29, 1.82) is 0 Å².